The molecule has 19 heavy (non-hydrogen) atoms. The quantitative estimate of drug-likeness (QED) is 0.810. The van der Waals surface area contributed by atoms with E-state index >= 15 is 0 Å². The molecule has 0 bridgehead atoms. The van der Waals surface area contributed by atoms with Gasteiger partial charge in [-0.1, -0.05) is 31.5 Å². The predicted octanol–water partition coefficient (Wildman–Crippen LogP) is 4.13. The molecule has 3 rings (SSSR count). The van der Waals surface area contributed by atoms with E-state index in [9.17, 15) is 8.78 Å². The molecule has 5 heteroatoms. The van der Waals surface area contributed by atoms with Crippen LogP contribution in [0, 0.1) is 17.0 Å². The Morgan fingerprint density at radius 1 is 1.32 bits per heavy atom. The molecule has 0 saturated heterocycles. The van der Waals surface area contributed by atoms with Crippen LogP contribution in [-0.4, -0.2) is 11.1 Å². The van der Waals surface area contributed by atoms with Gasteiger partial charge in [-0.25, -0.2) is 8.78 Å². The second-order valence-corrected chi connectivity index (χ2v) is 6.15. The number of hydrogen-bond acceptors (Lipinski definition) is 2. The Bertz CT molecular complexity index is 538. The topological polar surface area (TPSA) is 12.5 Å². The van der Waals surface area contributed by atoms with Gasteiger partial charge in [0.05, 0.1) is 11.1 Å². The number of rotatable bonds is 2. The lowest BCUT2D eigenvalue weighted by Gasteiger charge is -2.25. The van der Waals surface area contributed by atoms with Crippen LogP contribution < -0.4 is 0 Å². The number of nitrogens with zero attached hydrogens (tertiary/aromatic N) is 1. The molecule has 1 aromatic rings. The molecule has 1 aliphatic carbocycles. The van der Waals surface area contributed by atoms with Gasteiger partial charge in [0.1, 0.15) is 23.9 Å². The summed E-state index contributed by atoms with van der Waals surface area (Å²) in [5, 5.41) is 1.90. The van der Waals surface area contributed by atoms with Crippen molar-refractivity contribution in [3.63, 3.8) is 0 Å². The Hall–Kier alpha value is -1.13. The first kappa shape index (κ1) is 12.9. The van der Waals surface area contributed by atoms with E-state index in [1.807, 2.05) is 0 Å². The van der Waals surface area contributed by atoms with Crippen LogP contribution in [0.25, 0.3) is 0 Å². The normalized spacial score (nSPS) is 29.0. The van der Waals surface area contributed by atoms with Gasteiger partial charge in [-0.15, -0.1) is 5.06 Å². The Labute approximate surface area is 115 Å². The number of hydrogen-bond donors (Lipinski definition) is 0. The molecule has 2 atom stereocenters. The highest BCUT2D eigenvalue weighted by Gasteiger charge is 2.55. The Morgan fingerprint density at radius 2 is 1.89 bits per heavy atom. The Balaban J connectivity index is 1.99. The summed E-state index contributed by atoms with van der Waals surface area (Å²) in [7, 11) is 0. The van der Waals surface area contributed by atoms with Crippen LogP contribution in [0.1, 0.15) is 31.9 Å². The molecule has 0 amide bonds. The minimum Gasteiger partial charge on any atom is -0.411 e. The first-order valence-electron chi connectivity index (χ1n) is 6.16. The zero-order valence-electron chi connectivity index (χ0n) is 10.7. The Morgan fingerprint density at radius 3 is 2.42 bits per heavy atom. The highest BCUT2D eigenvalue weighted by atomic mass is 35.5. The zero-order chi connectivity index (χ0) is 13.8. The fraction of sp³-hybridized carbons (Fsp3) is 0.429. The summed E-state index contributed by atoms with van der Waals surface area (Å²) >= 11 is 6.08. The molecular weight excluding hydrogens is 272 g/mol. The van der Waals surface area contributed by atoms with E-state index in [2.05, 4.69) is 13.8 Å². The maximum Gasteiger partial charge on any atom is 0.131 e. The molecule has 1 heterocycles. The van der Waals surface area contributed by atoms with Gasteiger partial charge in [0, 0.05) is 5.56 Å². The van der Waals surface area contributed by atoms with Crippen LogP contribution in [0.15, 0.2) is 29.5 Å². The molecule has 0 N–H and O–H groups in total. The van der Waals surface area contributed by atoms with Crippen molar-refractivity contribution in [3.8, 4) is 0 Å². The van der Waals surface area contributed by atoms with Gasteiger partial charge < -0.3 is 4.84 Å². The number of hydroxylamine groups is 2. The van der Waals surface area contributed by atoms with E-state index in [4.69, 9.17) is 16.4 Å². The molecule has 0 aromatic heterocycles. The van der Waals surface area contributed by atoms with E-state index in [1.165, 1.54) is 24.5 Å². The van der Waals surface area contributed by atoms with Crippen molar-refractivity contribution in [1.29, 1.82) is 0 Å². The van der Waals surface area contributed by atoms with E-state index in [0.29, 0.717) is 5.03 Å². The molecule has 0 spiro atoms. The SMILES string of the molecule is CC1(C)CC1N1OC=C(Cl)C1c1c(F)cccc1F. The summed E-state index contributed by atoms with van der Waals surface area (Å²) < 4.78 is 27.8. The van der Waals surface area contributed by atoms with Crippen molar-refractivity contribution < 1.29 is 13.6 Å². The van der Waals surface area contributed by atoms with E-state index in [1.54, 1.807) is 5.06 Å². The van der Waals surface area contributed by atoms with Crippen LogP contribution in [0.2, 0.25) is 0 Å². The summed E-state index contributed by atoms with van der Waals surface area (Å²) in [5.41, 5.74) is 0.0268. The van der Waals surface area contributed by atoms with Crippen LogP contribution in [-0.2, 0) is 4.84 Å². The van der Waals surface area contributed by atoms with Gasteiger partial charge in [0.15, 0.2) is 0 Å². The van der Waals surface area contributed by atoms with Gasteiger partial charge in [-0.2, -0.15) is 0 Å². The summed E-state index contributed by atoms with van der Waals surface area (Å²) in [4.78, 5) is 5.41. The summed E-state index contributed by atoms with van der Waals surface area (Å²) in [5.74, 6) is -1.21. The Kier molecular flexibility index (Phi) is 2.84. The largest absolute Gasteiger partial charge is 0.411 e. The van der Waals surface area contributed by atoms with Crippen LogP contribution in [0.3, 0.4) is 0 Å². The van der Waals surface area contributed by atoms with Crippen molar-refractivity contribution in [2.75, 3.05) is 0 Å². The summed E-state index contributed by atoms with van der Waals surface area (Å²) in [6, 6.07) is 3.22. The first-order chi connectivity index (χ1) is 8.92. The lowest BCUT2D eigenvalue weighted by atomic mass is 10.0. The molecule has 2 aliphatic rings. The third kappa shape index (κ3) is 2.03. The zero-order valence-corrected chi connectivity index (χ0v) is 11.4. The van der Waals surface area contributed by atoms with Gasteiger partial charge in [-0.05, 0) is 24.0 Å². The monoisotopic (exact) mass is 285 g/mol. The molecule has 102 valence electrons. The average molecular weight is 286 g/mol. The molecular formula is C14H14ClF2NO. The third-order valence-corrected chi connectivity index (χ3v) is 4.14. The predicted molar refractivity (Wildman–Crippen MR) is 68.1 cm³/mol. The van der Waals surface area contributed by atoms with Crippen molar-refractivity contribution in [2.24, 2.45) is 5.41 Å². The van der Waals surface area contributed by atoms with Gasteiger partial charge in [0.2, 0.25) is 0 Å². The molecule has 2 nitrogen and oxygen atoms in total. The highest BCUT2D eigenvalue weighted by Crippen LogP contribution is 2.54. The molecule has 1 fully saturated rings. The van der Waals surface area contributed by atoms with Gasteiger partial charge in [0.25, 0.3) is 0 Å². The second kappa shape index (κ2) is 4.18. The van der Waals surface area contributed by atoms with Gasteiger partial charge >= 0.3 is 0 Å². The maximum absolute atomic E-state index is 13.9. The fourth-order valence-corrected chi connectivity index (χ4v) is 2.77. The molecule has 1 aliphatic heterocycles. The molecule has 1 aromatic carbocycles. The van der Waals surface area contributed by atoms with Crippen LogP contribution in [0.4, 0.5) is 8.78 Å². The van der Waals surface area contributed by atoms with Gasteiger partial charge in [-0.3, -0.25) is 0 Å². The second-order valence-electron chi connectivity index (χ2n) is 5.71. The summed E-state index contributed by atoms with van der Waals surface area (Å²) in [6.45, 7) is 4.17. The van der Waals surface area contributed by atoms with E-state index in [-0.39, 0.29) is 17.0 Å². The smallest absolute Gasteiger partial charge is 0.131 e. The van der Waals surface area contributed by atoms with Crippen molar-refractivity contribution in [3.05, 3.63) is 46.7 Å². The van der Waals surface area contributed by atoms with Crippen molar-refractivity contribution >= 4 is 11.6 Å². The van der Waals surface area contributed by atoms with Crippen molar-refractivity contribution in [2.45, 2.75) is 32.4 Å². The highest BCUT2D eigenvalue weighted by molar-refractivity contribution is 6.30. The van der Waals surface area contributed by atoms with Crippen LogP contribution >= 0.6 is 11.6 Å². The number of benzene rings is 1. The first-order valence-corrected chi connectivity index (χ1v) is 6.54. The van der Waals surface area contributed by atoms with Crippen molar-refractivity contribution in [1.82, 2.24) is 5.06 Å². The number of halogens is 3. The average Bonchev–Trinajstić information content (AvgIpc) is 2.78. The maximum atomic E-state index is 13.9. The molecule has 1 saturated carbocycles. The molecule has 0 radical (unpaired) electrons. The lowest BCUT2D eigenvalue weighted by Crippen LogP contribution is -2.29. The minimum absolute atomic E-state index is 0.0519. The lowest BCUT2D eigenvalue weighted by molar-refractivity contribution is -0.122. The third-order valence-electron chi connectivity index (χ3n) is 3.84. The van der Waals surface area contributed by atoms with Crippen LogP contribution in [0.5, 0.6) is 0 Å². The molecule has 2 unspecified atom stereocenters. The van der Waals surface area contributed by atoms with E-state index < -0.39 is 17.7 Å². The van der Waals surface area contributed by atoms with E-state index in [0.717, 1.165) is 6.42 Å². The summed E-state index contributed by atoms with van der Waals surface area (Å²) in [6.07, 6.45) is 2.27. The minimum atomic E-state index is -0.699. The standard InChI is InChI=1S/C14H14ClF2NO/c1-14(2)6-11(14)18-13(8(15)7-19-18)12-9(16)4-3-5-10(12)17/h3-5,7,11,13H,6H2,1-2H3. The fourth-order valence-electron chi connectivity index (χ4n) is 2.52.